The second-order valence-corrected chi connectivity index (χ2v) is 7.29. The smallest absolute Gasteiger partial charge is 0.352 e. The van der Waals surface area contributed by atoms with Gasteiger partial charge in [0.2, 0.25) is 0 Å². The summed E-state index contributed by atoms with van der Waals surface area (Å²) in [5, 5.41) is 20.4. The Bertz CT molecular complexity index is 1050. The summed E-state index contributed by atoms with van der Waals surface area (Å²) >= 11 is 0. The number of esters is 1. The van der Waals surface area contributed by atoms with Crippen LogP contribution in [0.5, 0.6) is 0 Å². The Morgan fingerprint density at radius 1 is 0.900 bits per heavy atom. The van der Waals surface area contributed by atoms with E-state index >= 15 is 0 Å². The van der Waals surface area contributed by atoms with Crippen LogP contribution >= 0.6 is 0 Å². The summed E-state index contributed by atoms with van der Waals surface area (Å²) in [7, 11) is 0. The zero-order valence-electron chi connectivity index (χ0n) is 16.1. The van der Waals surface area contributed by atoms with E-state index in [1.807, 2.05) is 48.5 Å². The number of nitrogens with two attached hydrogens (primary N) is 1. The standard InChI is InChI=1S/C24H21NO5/c25-21(15-8-2-1-3-9-15)24(29,22(26)27)23(28)30-14-20-18-12-6-4-10-16(18)17-11-5-7-13-19(17)20/h1-13,20-21,29H,14,25H2,(H,26,27)/t21-,24-/m0/s1. The second-order valence-electron chi connectivity index (χ2n) is 7.29. The first-order valence-corrected chi connectivity index (χ1v) is 9.56. The van der Waals surface area contributed by atoms with E-state index in [2.05, 4.69) is 0 Å². The molecule has 0 spiro atoms. The van der Waals surface area contributed by atoms with E-state index in [1.54, 1.807) is 30.3 Å². The van der Waals surface area contributed by atoms with E-state index in [0.29, 0.717) is 5.56 Å². The SMILES string of the molecule is N[C@@H](c1ccccc1)[C@](O)(C(=O)O)C(=O)OCC1c2ccccc2-c2ccccc21. The van der Waals surface area contributed by atoms with Crippen LogP contribution in [0, 0.1) is 0 Å². The van der Waals surface area contributed by atoms with E-state index in [4.69, 9.17) is 10.5 Å². The summed E-state index contributed by atoms with van der Waals surface area (Å²) in [6, 6.07) is 22.2. The number of fused-ring (bicyclic) bond motifs is 3. The van der Waals surface area contributed by atoms with Gasteiger partial charge in [0, 0.05) is 5.92 Å². The van der Waals surface area contributed by atoms with E-state index in [1.165, 1.54) is 0 Å². The van der Waals surface area contributed by atoms with Crippen molar-refractivity contribution >= 4 is 11.9 Å². The van der Waals surface area contributed by atoms with Gasteiger partial charge in [0.25, 0.3) is 5.60 Å². The number of ether oxygens (including phenoxy) is 1. The number of aliphatic hydroxyl groups is 1. The first-order valence-electron chi connectivity index (χ1n) is 9.56. The van der Waals surface area contributed by atoms with Gasteiger partial charge in [-0.05, 0) is 27.8 Å². The molecule has 0 bridgehead atoms. The monoisotopic (exact) mass is 403 g/mol. The van der Waals surface area contributed by atoms with Crippen molar-refractivity contribution in [2.24, 2.45) is 5.73 Å². The van der Waals surface area contributed by atoms with Crippen molar-refractivity contribution in [3.8, 4) is 11.1 Å². The topological polar surface area (TPSA) is 110 Å². The molecule has 0 fully saturated rings. The highest BCUT2D eigenvalue weighted by Crippen LogP contribution is 2.44. The summed E-state index contributed by atoms with van der Waals surface area (Å²) in [4.78, 5) is 24.6. The van der Waals surface area contributed by atoms with Gasteiger partial charge in [0.05, 0.1) is 6.04 Å². The summed E-state index contributed by atoms with van der Waals surface area (Å²) in [6.07, 6.45) is 0. The van der Waals surface area contributed by atoms with Gasteiger partial charge in [-0.15, -0.1) is 0 Å². The molecule has 152 valence electrons. The third-order valence-corrected chi connectivity index (χ3v) is 5.59. The van der Waals surface area contributed by atoms with Gasteiger partial charge in [-0.2, -0.15) is 0 Å². The molecule has 30 heavy (non-hydrogen) atoms. The Hall–Kier alpha value is -3.48. The Balaban J connectivity index is 1.60. The van der Waals surface area contributed by atoms with Crippen LogP contribution in [-0.2, 0) is 14.3 Å². The Kier molecular flexibility index (Phi) is 5.11. The van der Waals surface area contributed by atoms with Crippen molar-refractivity contribution in [1.29, 1.82) is 0 Å². The first kappa shape index (κ1) is 19.8. The van der Waals surface area contributed by atoms with Gasteiger partial charge in [0.15, 0.2) is 0 Å². The molecule has 0 unspecified atom stereocenters. The normalized spacial score (nSPS) is 15.5. The summed E-state index contributed by atoms with van der Waals surface area (Å²) in [5.74, 6) is -3.29. The summed E-state index contributed by atoms with van der Waals surface area (Å²) in [6.45, 7) is -0.107. The molecule has 0 saturated heterocycles. The predicted octanol–water partition coefficient (Wildman–Crippen LogP) is 2.86. The minimum Gasteiger partial charge on any atom is -0.479 e. The minimum atomic E-state index is -2.90. The molecular weight excluding hydrogens is 382 g/mol. The molecule has 0 aromatic heterocycles. The quantitative estimate of drug-likeness (QED) is 0.431. The third kappa shape index (κ3) is 3.16. The van der Waals surface area contributed by atoms with Gasteiger partial charge in [-0.3, -0.25) is 0 Å². The Morgan fingerprint density at radius 3 is 1.93 bits per heavy atom. The fourth-order valence-electron chi connectivity index (χ4n) is 3.96. The van der Waals surface area contributed by atoms with Gasteiger partial charge in [-0.1, -0.05) is 78.9 Å². The number of hydrogen-bond acceptors (Lipinski definition) is 5. The predicted molar refractivity (Wildman–Crippen MR) is 111 cm³/mol. The van der Waals surface area contributed by atoms with Crippen LogP contribution < -0.4 is 5.73 Å². The molecule has 6 heteroatoms. The van der Waals surface area contributed by atoms with Crippen LogP contribution in [0.25, 0.3) is 11.1 Å². The average Bonchev–Trinajstić information content (AvgIpc) is 3.10. The van der Waals surface area contributed by atoms with Crippen molar-refractivity contribution in [1.82, 2.24) is 0 Å². The highest BCUT2D eigenvalue weighted by molar-refractivity contribution is 6.03. The lowest BCUT2D eigenvalue weighted by Gasteiger charge is -2.28. The maximum Gasteiger partial charge on any atom is 0.352 e. The average molecular weight is 403 g/mol. The maximum atomic E-state index is 12.8. The Morgan fingerprint density at radius 2 is 1.40 bits per heavy atom. The molecular formula is C24H21NO5. The lowest BCUT2D eigenvalue weighted by Crippen LogP contribution is -2.55. The van der Waals surface area contributed by atoms with E-state index < -0.39 is 23.6 Å². The van der Waals surface area contributed by atoms with E-state index in [-0.39, 0.29) is 12.5 Å². The zero-order chi connectivity index (χ0) is 21.3. The fourth-order valence-corrected chi connectivity index (χ4v) is 3.96. The molecule has 0 amide bonds. The van der Waals surface area contributed by atoms with Crippen molar-refractivity contribution < 1.29 is 24.5 Å². The van der Waals surface area contributed by atoms with E-state index in [0.717, 1.165) is 22.3 Å². The minimum absolute atomic E-state index is 0.107. The molecule has 4 N–H and O–H groups in total. The van der Waals surface area contributed by atoms with Crippen LogP contribution in [0.15, 0.2) is 78.9 Å². The molecule has 3 aromatic rings. The number of aliphatic carboxylic acids is 1. The maximum absolute atomic E-state index is 12.8. The fraction of sp³-hybridized carbons (Fsp3) is 0.167. The molecule has 4 rings (SSSR count). The molecule has 6 nitrogen and oxygen atoms in total. The molecule has 0 heterocycles. The summed E-state index contributed by atoms with van der Waals surface area (Å²) in [5.41, 5.74) is 7.45. The molecule has 1 aliphatic carbocycles. The van der Waals surface area contributed by atoms with Crippen LogP contribution in [0.3, 0.4) is 0 Å². The largest absolute Gasteiger partial charge is 0.479 e. The number of carbonyl (C=O) groups excluding carboxylic acids is 1. The number of carbonyl (C=O) groups is 2. The molecule has 1 aliphatic rings. The zero-order valence-corrected chi connectivity index (χ0v) is 16.1. The highest BCUT2D eigenvalue weighted by atomic mass is 16.6. The third-order valence-electron chi connectivity index (χ3n) is 5.59. The Labute approximate surface area is 173 Å². The number of hydrogen-bond donors (Lipinski definition) is 3. The summed E-state index contributed by atoms with van der Waals surface area (Å²) < 4.78 is 5.36. The highest BCUT2D eigenvalue weighted by Gasteiger charge is 2.52. The van der Waals surface area contributed by atoms with Crippen LogP contribution in [0.4, 0.5) is 0 Å². The molecule has 3 aromatic carbocycles. The van der Waals surface area contributed by atoms with Gasteiger partial charge >= 0.3 is 11.9 Å². The van der Waals surface area contributed by atoms with Gasteiger partial charge in [0.1, 0.15) is 6.61 Å². The van der Waals surface area contributed by atoms with E-state index in [9.17, 15) is 19.8 Å². The number of rotatable bonds is 6. The second kappa shape index (κ2) is 7.74. The van der Waals surface area contributed by atoms with Crippen LogP contribution in [-0.4, -0.2) is 34.4 Å². The van der Waals surface area contributed by atoms with Gasteiger partial charge in [-0.25, -0.2) is 9.59 Å². The molecule has 0 saturated carbocycles. The van der Waals surface area contributed by atoms with Crippen molar-refractivity contribution in [2.75, 3.05) is 6.61 Å². The lowest BCUT2D eigenvalue weighted by atomic mass is 9.89. The molecule has 0 radical (unpaired) electrons. The van der Waals surface area contributed by atoms with Crippen LogP contribution in [0.2, 0.25) is 0 Å². The van der Waals surface area contributed by atoms with Crippen molar-refractivity contribution in [2.45, 2.75) is 17.6 Å². The first-order chi connectivity index (χ1) is 14.4. The van der Waals surface area contributed by atoms with Crippen molar-refractivity contribution in [3.05, 3.63) is 95.6 Å². The molecule has 2 atom stereocenters. The van der Waals surface area contributed by atoms with Crippen molar-refractivity contribution in [3.63, 3.8) is 0 Å². The number of carboxylic acids is 1. The molecule has 0 aliphatic heterocycles. The number of benzene rings is 3. The number of carboxylic acid groups (broad SMARTS) is 1. The van der Waals surface area contributed by atoms with Crippen LogP contribution in [0.1, 0.15) is 28.7 Å². The lowest BCUT2D eigenvalue weighted by molar-refractivity contribution is -0.183. The van der Waals surface area contributed by atoms with Gasteiger partial charge < -0.3 is 20.7 Å².